The van der Waals surface area contributed by atoms with Gasteiger partial charge in [-0.05, 0) is 58.2 Å². The summed E-state index contributed by atoms with van der Waals surface area (Å²) in [6, 6.07) is 11.6. The topological polar surface area (TPSA) is 29.1 Å². The van der Waals surface area contributed by atoms with Crippen LogP contribution >= 0.6 is 15.9 Å². The fraction of sp³-hybridized carbons (Fsp3) is 0.133. The summed E-state index contributed by atoms with van der Waals surface area (Å²) in [5.74, 6) is -0.437. The molecule has 0 fully saturated rings. The molecule has 0 aromatic heterocycles. The van der Waals surface area contributed by atoms with Crippen LogP contribution in [0, 0.1) is 12.7 Å². The van der Waals surface area contributed by atoms with Gasteiger partial charge in [-0.2, -0.15) is 0 Å². The Balaban J connectivity index is 2.03. The van der Waals surface area contributed by atoms with Crippen molar-refractivity contribution in [1.82, 2.24) is 5.32 Å². The van der Waals surface area contributed by atoms with Gasteiger partial charge in [-0.1, -0.05) is 18.2 Å². The molecule has 98 valence electrons. The van der Waals surface area contributed by atoms with Gasteiger partial charge in [0.1, 0.15) is 5.82 Å². The van der Waals surface area contributed by atoms with E-state index in [4.69, 9.17) is 0 Å². The van der Waals surface area contributed by atoms with E-state index >= 15 is 0 Å². The molecular weight excluding hydrogens is 309 g/mol. The maximum Gasteiger partial charge on any atom is 0.252 e. The van der Waals surface area contributed by atoms with Crippen molar-refractivity contribution in [2.45, 2.75) is 13.5 Å². The molecule has 1 amide bonds. The number of carbonyl (C=O) groups excluding carboxylic acids is 1. The van der Waals surface area contributed by atoms with Crippen LogP contribution in [0.3, 0.4) is 0 Å². The van der Waals surface area contributed by atoms with Crippen LogP contribution in [0.1, 0.15) is 21.5 Å². The Morgan fingerprint density at radius 3 is 2.53 bits per heavy atom. The Hall–Kier alpha value is -1.68. The molecule has 0 saturated heterocycles. The first-order valence-corrected chi connectivity index (χ1v) is 6.64. The smallest absolute Gasteiger partial charge is 0.252 e. The van der Waals surface area contributed by atoms with Gasteiger partial charge in [-0.15, -0.1) is 0 Å². The lowest BCUT2D eigenvalue weighted by Gasteiger charge is -2.07. The Labute approximate surface area is 119 Å². The van der Waals surface area contributed by atoms with Crippen molar-refractivity contribution in [1.29, 1.82) is 0 Å². The van der Waals surface area contributed by atoms with Crippen LogP contribution in [0.15, 0.2) is 46.9 Å². The standard InChI is InChI=1S/C15H13BrFNO/c1-10-2-7-13(14(16)8-10)15(19)18-9-11-3-5-12(17)6-4-11/h2-8H,9H2,1H3,(H,18,19). The molecule has 0 radical (unpaired) electrons. The van der Waals surface area contributed by atoms with Crippen LogP contribution < -0.4 is 5.32 Å². The molecule has 0 aliphatic rings. The van der Waals surface area contributed by atoms with E-state index in [-0.39, 0.29) is 11.7 Å². The summed E-state index contributed by atoms with van der Waals surface area (Å²) in [7, 11) is 0. The molecular formula is C15H13BrFNO. The third kappa shape index (κ3) is 3.64. The monoisotopic (exact) mass is 321 g/mol. The van der Waals surface area contributed by atoms with Crippen molar-refractivity contribution in [3.8, 4) is 0 Å². The highest BCUT2D eigenvalue weighted by Crippen LogP contribution is 2.18. The Morgan fingerprint density at radius 2 is 1.89 bits per heavy atom. The number of amides is 1. The Morgan fingerprint density at radius 1 is 1.21 bits per heavy atom. The zero-order valence-corrected chi connectivity index (χ0v) is 12.0. The molecule has 2 nitrogen and oxygen atoms in total. The van der Waals surface area contributed by atoms with Crippen LogP contribution in [-0.2, 0) is 6.54 Å². The third-order valence-corrected chi connectivity index (χ3v) is 3.39. The molecule has 2 aromatic rings. The number of carbonyl (C=O) groups is 1. The van der Waals surface area contributed by atoms with E-state index in [1.807, 2.05) is 19.1 Å². The highest BCUT2D eigenvalue weighted by molar-refractivity contribution is 9.10. The van der Waals surface area contributed by atoms with Crippen molar-refractivity contribution in [2.75, 3.05) is 0 Å². The summed E-state index contributed by atoms with van der Waals surface area (Å²) in [6.07, 6.45) is 0. The van der Waals surface area contributed by atoms with Gasteiger partial charge in [-0.25, -0.2) is 4.39 Å². The Kier molecular flexibility index (Phi) is 4.32. The molecule has 0 saturated carbocycles. The van der Waals surface area contributed by atoms with Crippen LogP contribution in [0.5, 0.6) is 0 Å². The van der Waals surface area contributed by atoms with E-state index in [1.54, 1.807) is 18.2 Å². The molecule has 0 atom stereocenters. The van der Waals surface area contributed by atoms with Gasteiger partial charge < -0.3 is 5.32 Å². The van der Waals surface area contributed by atoms with Gasteiger partial charge >= 0.3 is 0 Å². The van der Waals surface area contributed by atoms with E-state index < -0.39 is 0 Å². The maximum atomic E-state index is 12.7. The minimum atomic E-state index is -0.281. The summed E-state index contributed by atoms with van der Waals surface area (Å²) in [6.45, 7) is 2.34. The lowest BCUT2D eigenvalue weighted by atomic mass is 10.1. The summed E-state index contributed by atoms with van der Waals surface area (Å²) >= 11 is 3.37. The third-order valence-electron chi connectivity index (χ3n) is 2.74. The fourth-order valence-corrected chi connectivity index (χ4v) is 2.36. The van der Waals surface area contributed by atoms with Gasteiger partial charge in [0, 0.05) is 11.0 Å². The summed E-state index contributed by atoms with van der Waals surface area (Å²) in [4.78, 5) is 12.0. The average Bonchev–Trinajstić information content (AvgIpc) is 2.37. The van der Waals surface area contributed by atoms with E-state index in [1.165, 1.54) is 12.1 Å². The van der Waals surface area contributed by atoms with E-state index in [9.17, 15) is 9.18 Å². The quantitative estimate of drug-likeness (QED) is 0.914. The van der Waals surface area contributed by atoms with Gasteiger partial charge in [0.2, 0.25) is 0 Å². The number of aryl methyl sites for hydroxylation is 1. The van der Waals surface area contributed by atoms with Crippen LogP contribution in [-0.4, -0.2) is 5.91 Å². The van der Waals surface area contributed by atoms with Crippen molar-refractivity contribution in [3.63, 3.8) is 0 Å². The van der Waals surface area contributed by atoms with E-state index in [0.717, 1.165) is 15.6 Å². The predicted molar refractivity (Wildman–Crippen MR) is 76.4 cm³/mol. The molecule has 19 heavy (non-hydrogen) atoms. The number of nitrogens with one attached hydrogen (secondary N) is 1. The van der Waals surface area contributed by atoms with E-state index in [0.29, 0.717) is 12.1 Å². The van der Waals surface area contributed by atoms with E-state index in [2.05, 4.69) is 21.2 Å². The lowest BCUT2D eigenvalue weighted by molar-refractivity contribution is 0.0950. The normalized spacial score (nSPS) is 10.3. The second-order valence-corrected chi connectivity index (χ2v) is 5.15. The van der Waals surface area contributed by atoms with Gasteiger partial charge in [0.15, 0.2) is 0 Å². The molecule has 2 aromatic carbocycles. The summed E-state index contributed by atoms with van der Waals surface area (Å²) in [5, 5.41) is 2.80. The maximum absolute atomic E-state index is 12.7. The summed E-state index contributed by atoms with van der Waals surface area (Å²) in [5.41, 5.74) is 2.53. The first kappa shape index (κ1) is 13.7. The molecule has 0 aliphatic heterocycles. The number of rotatable bonds is 3. The van der Waals surface area contributed by atoms with Crippen LogP contribution in [0.25, 0.3) is 0 Å². The lowest BCUT2D eigenvalue weighted by Crippen LogP contribution is -2.23. The highest BCUT2D eigenvalue weighted by atomic mass is 79.9. The molecule has 0 unspecified atom stereocenters. The van der Waals surface area contributed by atoms with Crippen molar-refractivity contribution >= 4 is 21.8 Å². The number of hydrogen-bond acceptors (Lipinski definition) is 1. The van der Waals surface area contributed by atoms with Crippen molar-refractivity contribution in [2.24, 2.45) is 0 Å². The second kappa shape index (κ2) is 5.97. The summed E-state index contributed by atoms with van der Waals surface area (Å²) < 4.78 is 13.5. The molecule has 4 heteroatoms. The van der Waals surface area contributed by atoms with Gasteiger partial charge in [0.05, 0.1) is 5.56 Å². The van der Waals surface area contributed by atoms with Crippen LogP contribution in [0.4, 0.5) is 4.39 Å². The SMILES string of the molecule is Cc1ccc(C(=O)NCc2ccc(F)cc2)c(Br)c1. The first-order chi connectivity index (χ1) is 9.06. The zero-order chi connectivity index (χ0) is 13.8. The molecule has 0 heterocycles. The average molecular weight is 322 g/mol. The fourth-order valence-electron chi connectivity index (χ4n) is 1.68. The number of hydrogen-bond donors (Lipinski definition) is 1. The number of benzene rings is 2. The Bertz CT molecular complexity index is 596. The largest absolute Gasteiger partial charge is 0.348 e. The molecule has 0 spiro atoms. The zero-order valence-electron chi connectivity index (χ0n) is 10.4. The minimum absolute atomic E-state index is 0.156. The minimum Gasteiger partial charge on any atom is -0.348 e. The van der Waals surface area contributed by atoms with Gasteiger partial charge in [-0.3, -0.25) is 4.79 Å². The number of halogens is 2. The van der Waals surface area contributed by atoms with Crippen molar-refractivity contribution < 1.29 is 9.18 Å². The van der Waals surface area contributed by atoms with Gasteiger partial charge in [0.25, 0.3) is 5.91 Å². The first-order valence-electron chi connectivity index (χ1n) is 5.85. The van der Waals surface area contributed by atoms with Crippen LogP contribution in [0.2, 0.25) is 0 Å². The highest BCUT2D eigenvalue weighted by Gasteiger charge is 2.09. The van der Waals surface area contributed by atoms with Crippen molar-refractivity contribution in [3.05, 3.63) is 69.4 Å². The predicted octanol–water partition coefficient (Wildman–Crippen LogP) is 3.83. The second-order valence-electron chi connectivity index (χ2n) is 4.29. The molecule has 1 N–H and O–H groups in total. The molecule has 0 bridgehead atoms. The molecule has 2 rings (SSSR count). The molecule has 0 aliphatic carbocycles.